The highest BCUT2D eigenvalue weighted by Gasteiger charge is 2.25. The van der Waals surface area contributed by atoms with Crippen molar-refractivity contribution in [1.29, 1.82) is 0 Å². The Morgan fingerprint density at radius 1 is 1.05 bits per heavy atom. The monoisotopic (exact) mass is 345 g/mol. The minimum atomic E-state index is 0.191. The van der Waals surface area contributed by atoms with E-state index in [1.165, 1.54) is 48.4 Å². The molecule has 1 atom stereocenters. The molecule has 1 saturated carbocycles. The molecule has 0 radical (unpaired) electrons. The van der Waals surface area contributed by atoms with Crippen LogP contribution in [0.25, 0.3) is 10.8 Å². The zero-order valence-corrected chi connectivity index (χ0v) is 14.3. The van der Waals surface area contributed by atoms with Crippen molar-refractivity contribution in [1.82, 2.24) is 0 Å². The summed E-state index contributed by atoms with van der Waals surface area (Å²) in [4.78, 5) is 0. The highest BCUT2D eigenvalue weighted by molar-refractivity contribution is 9.10. The third-order valence-electron chi connectivity index (χ3n) is 5.19. The Bertz CT molecular complexity index is 614. The molecule has 1 unspecified atom stereocenters. The quantitative estimate of drug-likeness (QED) is 0.745. The highest BCUT2D eigenvalue weighted by Crippen LogP contribution is 2.37. The number of nitrogens with two attached hydrogens (primary N) is 1. The van der Waals surface area contributed by atoms with E-state index in [1.807, 2.05) is 0 Å². The van der Waals surface area contributed by atoms with Gasteiger partial charge in [0, 0.05) is 10.5 Å². The number of hydrogen-bond acceptors (Lipinski definition) is 1. The van der Waals surface area contributed by atoms with Crippen molar-refractivity contribution in [2.24, 2.45) is 17.6 Å². The van der Waals surface area contributed by atoms with Gasteiger partial charge in [-0.1, -0.05) is 60.3 Å². The van der Waals surface area contributed by atoms with E-state index in [0.717, 1.165) is 10.4 Å². The molecule has 1 aliphatic carbocycles. The molecule has 0 saturated heterocycles. The summed E-state index contributed by atoms with van der Waals surface area (Å²) < 4.78 is 1.13. The van der Waals surface area contributed by atoms with E-state index in [1.54, 1.807) is 0 Å². The Balaban J connectivity index is 1.78. The highest BCUT2D eigenvalue weighted by atomic mass is 79.9. The Kier molecular flexibility index (Phi) is 4.66. The number of benzene rings is 2. The average molecular weight is 346 g/mol. The molecule has 0 aromatic heterocycles. The van der Waals surface area contributed by atoms with Crippen molar-refractivity contribution >= 4 is 26.7 Å². The van der Waals surface area contributed by atoms with Crippen LogP contribution in [-0.2, 0) is 0 Å². The molecular weight excluding hydrogens is 322 g/mol. The van der Waals surface area contributed by atoms with Gasteiger partial charge in [-0.25, -0.2) is 0 Å². The standard InChI is InChI=1S/C19H24BrN/c1-2-13-3-5-14(6-4-13)19(21)17-8-7-16-12-18(20)10-9-15(16)11-17/h7-14,19H,2-6,21H2,1H3. The molecule has 21 heavy (non-hydrogen) atoms. The van der Waals surface area contributed by atoms with Gasteiger partial charge in [-0.15, -0.1) is 0 Å². The molecule has 0 heterocycles. The fraction of sp³-hybridized carbons (Fsp3) is 0.474. The molecule has 0 aliphatic heterocycles. The van der Waals surface area contributed by atoms with E-state index in [0.29, 0.717) is 5.92 Å². The zero-order chi connectivity index (χ0) is 14.8. The molecule has 1 fully saturated rings. The molecule has 2 N–H and O–H groups in total. The summed E-state index contributed by atoms with van der Waals surface area (Å²) >= 11 is 3.53. The second-order valence-corrected chi connectivity index (χ2v) is 7.38. The van der Waals surface area contributed by atoms with E-state index in [2.05, 4.69) is 59.3 Å². The van der Waals surface area contributed by atoms with E-state index in [-0.39, 0.29) is 6.04 Å². The number of hydrogen-bond donors (Lipinski definition) is 1. The molecule has 112 valence electrons. The molecule has 0 amide bonds. The summed E-state index contributed by atoms with van der Waals surface area (Å²) in [6.45, 7) is 2.31. The lowest BCUT2D eigenvalue weighted by atomic mass is 9.76. The summed E-state index contributed by atoms with van der Waals surface area (Å²) in [7, 11) is 0. The Morgan fingerprint density at radius 2 is 1.71 bits per heavy atom. The predicted molar refractivity (Wildman–Crippen MR) is 94.3 cm³/mol. The van der Waals surface area contributed by atoms with Gasteiger partial charge < -0.3 is 5.73 Å². The van der Waals surface area contributed by atoms with Crippen molar-refractivity contribution in [3.63, 3.8) is 0 Å². The Labute approximate surface area is 136 Å². The van der Waals surface area contributed by atoms with Gasteiger partial charge in [-0.05, 0) is 59.2 Å². The normalized spacial score (nSPS) is 24.1. The molecule has 0 spiro atoms. The van der Waals surface area contributed by atoms with Crippen LogP contribution in [0.3, 0.4) is 0 Å². The van der Waals surface area contributed by atoms with Crippen LogP contribution in [0.15, 0.2) is 40.9 Å². The van der Waals surface area contributed by atoms with Gasteiger partial charge in [-0.2, -0.15) is 0 Å². The van der Waals surface area contributed by atoms with Crippen LogP contribution in [0, 0.1) is 11.8 Å². The minimum absolute atomic E-state index is 0.191. The summed E-state index contributed by atoms with van der Waals surface area (Å²) in [6, 6.07) is 13.3. The van der Waals surface area contributed by atoms with Crippen molar-refractivity contribution < 1.29 is 0 Å². The second-order valence-electron chi connectivity index (χ2n) is 6.47. The van der Waals surface area contributed by atoms with E-state index < -0.39 is 0 Å². The second kappa shape index (κ2) is 6.50. The van der Waals surface area contributed by atoms with E-state index >= 15 is 0 Å². The van der Waals surface area contributed by atoms with Gasteiger partial charge in [0.2, 0.25) is 0 Å². The van der Waals surface area contributed by atoms with E-state index in [4.69, 9.17) is 5.73 Å². The van der Waals surface area contributed by atoms with Crippen LogP contribution in [-0.4, -0.2) is 0 Å². The summed E-state index contributed by atoms with van der Waals surface area (Å²) in [6.07, 6.45) is 6.62. The van der Waals surface area contributed by atoms with Gasteiger partial charge in [0.15, 0.2) is 0 Å². The first-order chi connectivity index (χ1) is 10.2. The number of halogens is 1. The van der Waals surface area contributed by atoms with Crippen molar-refractivity contribution in [2.75, 3.05) is 0 Å². The van der Waals surface area contributed by atoms with E-state index in [9.17, 15) is 0 Å². The zero-order valence-electron chi connectivity index (χ0n) is 12.7. The van der Waals surface area contributed by atoms with Crippen molar-refractivity contribution in [3.8, 4) is 0 Å². The van der Waals surface area contributed by atoms with Gasteiger partial charge >= 0.3 is 0 Å². The first-order valence-corrected chi connectivity index (χ1v) is 8.91. The van der Waals surface area contributed by atoms with Crippen LogP contribution >= 0.6 is 15.9 Å². The van der Waals surface area contributed by atoms with Crippen molar-refractivity contribution in [2.45, 2.75) is 45.1 Å². The maximum absolute atomic E-state index is 6.57. The molecule has 2 aromatic carbocycles. The lowest BCUT2D eigenvalue weighted by molar-refractivity contribution is 0.240. The third kappa shape index (κ3) is 3.32. The van der Waals surface area contributed by atoms with Crippen LogP contribution in [0.2, 0.25) is 0 Å². The summed E-state index contributed by atoms with van der Waals surface area (Å²) in [5, 5.41) is 2.56. The average Bonchev–Trinajstić information content (AvgIpc) is 2.53. The first-order valence-electron chi connectivity index (χ1n) is 8.12. The Morgan fingerprint density at radius 3 is 2.43 bits per heavy atom. The van der Waals surface area contributed by atoms with Gasteiger partial charge in [0.05, 0.1) is 0 Å². The SMILES string of the molecule is CCC1CCC(C(N)c2ccc3cc(Br)ccc3c2)CC1. The largest absolute Gasteiger partial charge is 0.324 e. The van der Waals surface area contributed by atoms with Crippen LogP contribution < -0.4 is 5.73 Å². The Hall–Kier alpha value is -0.860. The van der Waals surface area contributed by atoms with Crippen LogP contribution in [0.1, 0.15) is 50.6 Å². The van der Waals surface area contributed by atoms with Gasteiger partial charge in [-0.3, -0.25) is 0 Å². The fourth-order valence-corrected chi connectivity index (χ4v) is 4.05. The lowest BCUT2D eigenvalue weighted by Gasteiger charge is -2.32. The van der Waals surface area contributed by atoms with Crippen molar-refractivity contribution in [3.05, 3.63) is 46.4 Å². The van der Waals surface area contributed by atoms with Gasteiger partial charge in [0.25, 0.3) is 0 Å². The van der Waals surface area contributed by atoms with Crippen LogP contribution in [0.5, 0.6) is 0 Å². The number of fused-ring (bicyclic) bond motifs is 1. The molecule has 2 heteroatoms. The lowest BCUT2D eigenvalue weighted by Crippen LogP contribution is -2.25. The smallest absolute Gasteiger partial charge is 0.0323 e. The summed E-state index contributed by atoms with van der Waals surface area (Å²) in [5.74, 6) is 1.59. The first kappa shape index (κ1) is 15.1. The maximum atomic E-state index is 6.57. The van der Waals surface area contributed by atoms with Gasteiger partial charge in [0.1, 0.15) is 0 Å². The topological polar surface area (TPSA) is 26.0 Å². The molecule has 0 bridgehead atoms. The third-order valence-corrected chi connectivity index (χ3v) is 5.68. The summed E-state index contributed by atoms with van der Waals surface area (Å²) in [5.41, 5.74) is 7.86. The van der Waals surface area contributed by atoms with Crippen LogP contribution in [0.4, 0.5) is 0 Å². The minimum Gasteiger partial charge on any atom is -0.324 e. The molecule has 1 aliphatic rings. The molecular formula is C19H24BrN. The number of rotatable bonds is 3. The fourth-order valence-electron chi connectivity index (χ4n) is 3.67. The molecule has 1 nitrogen and oxygen atoms in total. The maximum Gasteiger partial charge on any atom is 0.0323 e. The molecule has 3 rings (SSSR count). The predicted octanol–water partition coefficient (Wildman–Crippen LogP) is 5.82. The molecule has 2 aromatic rings.